The lowest BCUT2D eigenvalue weighted by molar-refractivity contribution is -0.0373. The first-order valence-electron chi connectivity index (χ1n) is 12.1. The van der Waals surface area contributed by atoms with E-state index >= 15 is 0 Å². The number of nitrogens with one attached hydrogen (secondary N) is 1. The molecule has 37 heavy (non-hydrogen) atoms. The summed E-state index contributed by atoms with van der Waals surface area (Å²) < 4.78 is 21.3. The Morgan fingerprint density at radius 1 is 1.24 bits per heavy atom. The van der Waals surface area contributed by atoms with Crippen LogP contribution in [-0.4, -0.2) is 63.2 Å². The first-order valence-corrected chi connectivity index (χ1v) is 16.6. The highest BCUT2D eigenvalue weighted by Crippen LogP contribution is 2.39. The molecule has 12 heteroatoms. The van der Waals surface area contributed by atoms with Crippen molar-refractivity contribution in [3.63, 3.8) is 0 Å². The number of fused-ring (bicyclic) bond motifs is 1. The summed E-state index contributed by atoms with van der Waals surface area (Å²) in [5, 5.41) is 2.92. The quantitative estimate of drug-likeness (QED) is 0.300. The van der Waals surface area contributed by atoms with Crippen LogP contribution in [0.1, 0.15) is 43.8 Å². The third-order valence-corrected chi connectivity index (χ3v) is 12.5. The molecule has 3 heterocycles. The SMILES string of the molecule is CSC(=S)O[C@@H]1C[C@@H](n2cnc3c(NC(=O)c4ccccc4)ncnc32)O[C@H]1CO[Si](C)(C)C(C)(C)C. The Morgan fingerprint density at radius 2 is 1.97 bits per heavy atom. The summed E-state index contributed by atoms with van der Waals surface area (Å²) >= 11 is 6.74. The Hall–Kier alpha value is -2.38. The predicted octanol–water partition coefficient (Wildman–Crippen LogP) is 5.42. The number of hydrogen-bond donors (Lipinski definition) is 1. The maximum Gasteiger partial charge on any atom is 0.256 e. The fourth-order valence-corrected chi connectivity index (χ4v) is 5.10. The van der Waals surface area contributed by atoms with Crippen molar-refractivity contribution in [3.05, 3.63) is 48.5 Å². The summed E-state index contributed by atoms with van der Waals surface area (Å²) in [6.45, 7) is 11.5. The van der Waals surface area contributed by atoms with E-state index in [-0.39, 0.29) is 29.4 Å². The molecule has 0 aliphatic carbocycles. The minimum absolute atomic E-state index is 0.0774. The van der Waals surface area contributed by atoms with Crippen LogP contribution in [0.15, 0.2) is 43.0 Å². The van der Waals surface area contributed by atoms with Crippen molar-refractivity contribution in [1.29, 1.82) is 0 Å². The summed E-state index contributed by atoms with van der Waals surface area (Å²) in [6, 6.07) is 8.95. The molecule has 1 saturated heterocycles. The van der Waals surface area contributed by atoms with Crippen LogP contribution in [-0.2, 0) is 13.9 Å². The molecule has 0 saturated carbocycles. The van der Waals surface area contributed by atoms with Crippen molar-refractivity contribution in [1.82, 2.24) is 19.5 Å². The molecule has 198 valence electrons. The highest BCUT2D eigenvalue weighted by molar-refractivity contribution is 8.22. The van der Waals surface area contributed by atoms with Crippen LogP contribution in [0.5, 0.6) is 0 Å². The van der Waals surface area contributed by atoms with E-state index < -0.39 is 8.32 Å². The van der Waals surface area contributed by atoms with Gasteiger partial charge < -0.3 is 19.2 Å². The van der Waals surface area contributed by atoms with Crippen molar-refractivity contribution in [2.45, 2.75) is 63.8 Å². The summed E-state index contributed by atoms with van der Waals surface area (Å²) in [6.07, 6.45) is 4.54. The normalized spacial score (nSPS) is 20.2. The van der Waals surface area contributed by atoms with Gasteiger partial charge in [0, 0.05) is 12.0 Å². The van der Waals surface area contributed by atoms with Gasteiger partial charge in [0.05, 0.1) is 12.9 Å². The van der Waals surface area contributed by atoms with Crippen LogP contribution in [0.25, 0.3) is 11.2 Å². The Morgan fingerprint density at radius 3 is 2.65 bits per heavy atom. The molecule has 1 fully saturated rings. The van der Waals surface area contributed by atoms with Gasteiger partial charge in [-0.1, -0.05) is 50.7 Å². The number of imidazole rings is 1. The number of hydrogen-bond acceptors (Lipinski definition) is 9. The van der Waals surface area contributed by atoms with Gasteiger partial charge >= 0.3 is 0 Å². The van der Waals surface area contributed by atoms with Crippen LogP contribution in [0.3, 0.4) is 0 Å². The molecule has 4 rings (SSSR count). The van der Waals surface area contributed by atoms with Crippen LogP contribution in [0.2, 0.25) is 18.1 Å². The highest BCUT2D eigenvalue weighted by atomic mass is 32.2. The van der Waals surface area contributed by atoms with E-state index in [9.17, 15) is 4.79 Å². The van der Waals surface area contributed by atoms with Crippen molar-refractivity contribution in [2.24, 2.45) is 0 Å². The number of benzene rings is 1. The zero-order chi connectivity index (χ0) is 26.8. The smallest absolute Gasteiger partial charge is 0.256 e. The van der Waals surface area contributed by atoms with Crippen LogP contribution < -0.4 is 5.32 Å². The number of ether oxygens (including phenoxy) is 2. The lowest BCUT2D eigenvalue weighted by Crippen LogP contribution is -2.44. The summed E-state index contributed by atoms with van der Waals surface area (Å²) in [4.78, 5) is 25.9. The van der Waals surface area contributed by atoms with Gasteiger partial charge in [-0.2, -0.15) is 0 Å². The first kappa shape index (κ1) is 27.6. The second kappa shape index (κ2) is 11.2. The molecule has 1 amide bonds. The van der Waals surface area contributed by atoms with Gasteiger partial charge in [-0.3, -0.25) is 9.36 Å². The first-order chi connectivity index (χ1) is 17.5. The third kappa shape index (κ3) is 6.20. The maximum absolute atomic E-state index is 12.7. The number of thioether (sulfide) groups is 1. The monoisotopic (exact) mass is 559 g/mol. The predicted molar refractivity (Wildman–Crippen MR) is 152 cm³/mol. The van der Waals surface area contributed by atoms with Crippen LogP contribution in [0, 0.1) is 0 Å². The number of anilines is 1. The number of carbonyl (C=O) groups is 1. The van der Waals surface area contributed by atoms with Gasteiger partial charge in [0.25, 0.3) is 5.91 Å². The zero-order valence-corrected chi connectivity index (χ0v) is 24.6. The fraction of sp³-hybridized carbons (Fsp3) is 0.480. The number of rotatable bonds is 7. The van der Waals surface area contributed by atoms with Gasteiger partial charge in [-0.15, -0.1) is 0 Å². The molecule has 0 unspecified atom stereocenters. The van der Waals surface area contributed by atoms with E-state index in [1.54, 1.807) is 18.5 Å². The molecule has 0 spiro atoms. The van der Waals surface area contributed by atoms with Crippen molar-refractivity contribution in [3.8, 4) is 0 Å². The van der Waals surface area contributed by atoms with Crippen molar-refractivity contribution in [2.75, 3.05) is 18.2 Å². The van der Waals surface area contributed by atoms with E-state index in [0.717, 1.165) is 0 Å². The average molecular weight is 560 g/mol. The average Bonchev–Trinajstić information content (AvgIpc) is 3.47. The van der Waals surface area contributed by atoms with E-state index in [1.807, 2.05) is 29.0 Å². The van der Waals surface area contributed by atoms with Gasteiger partial charge in [0.2, 0.25) is 4.38 Å². The van der Waals surface area contributed by atoms with Crippen molar-refractivity contribution >= 4 is 59.6 Å². The van der Waals surface area contributed by atoms with Crippen LogP contribution >= 0.6 is 24.0 Å². The lowest BCUT2D eigenvalue weighted by Gasteiger charge is -2.37. The molecule has 1 aromatic carbocycles. The Bertz CT molecular complexity index is 1260. The second-order valence-corrected chi connectivity index (χ2v) is 16.6. The molecule has 3 atom stereocenters. The molecular formula is C25H33N5O4S2Si. The molecule has 1 N–H and O–H groups in total. The zero-order valence-electron chi connectivity index (χ0n) is 21.9. The van der Waals surface area contributed by atoms with E-state index in [4.69, 9.17) is 26.1 Å². The molecule has 1 aliphatic heterocycles. The van der Waals surface area contributed by atoms with Crippen molar-refractivity contribution < 1.29 is 18.7 Å². The molecule has 0 radical (unpaired) electrons. The summed E-state index contributed by atoms with van der Waals surface area (Å²) in [5.74, 6) is 0.0684. The lowest BCUT2D eigenvalue weighted by atomic mass is 10.2. The standard InChI is InChI=1S/C25H33N5O4S2Si/c1-25(2,3)37(5,6)32-13-18-17(34-24(35)36-4)12-19(33-18)30-15-28-20-21(26-14-27-22(20)30)29-23(31)16-10-8-7-9-11-16/h7-11,14-15,17-19H,12-13H2,1-6H3,(H,26,27,29,31)/t17-,18+,19+/m1/s1. The maximum atomic E-state index is 12.7. The summed E-state index contributed by atoms with van der Waals surface area (Å²) in [7, 11) is -1.99. The van der Waals surface area contributed by atoms with Gasteiger partial charge in [-0.05, 0) is 48.7 Å². The number of nitrogens with zero attached hydrogens (tertiary/aromatic N) is 4. The molecular weight excluding hydrogens is 527 g/mol. The molecule has 9 nitrogen and oxygen atoms in total. The van der Waals surface area contributed by atoms with E-state index in [0.29, 0.717) is 40.0 Å². The highest BCUT2D eigenvalue weighted by Gasteiger charge is 2.43. The van der Waals surface area contributed by atoms with E-state index in [1.165, 1.54) is 18.1 Å². The summed E-state index contributed by atoms with van der Waals surface area (Å²) in [5.41, 5.74) is 1.57. The number of aromatic nitrogens is 4. The van der Waals surface area contributed by atoms with E-state index in [2.05, 4.69) is 54.1 Å². The van der Waals surface area contributed by atoms with Gasteiger partial charge in [0.1, 0.15) is 24.8 Å². The third-order valence-electron chi connectivity index (χ3n) is 6.95. The Labute approximate surface area is 227 Å². The number of amides is 1. The molecule has 0 bridgehead atoms. The number of thiocarbonyl (C=S) groups is 1. The van der Waals surface area contributed by atoms with Crippen LogP contribution in [0.4, 0.5) is 5.82 Å². The van der Waals surface area contributed by atoms with Gasteiger partial charge in [-0.25, -0.2) is 15.0 Å². The minimum Gasteiger partial charge on any atom is -0.472 e. The molecule has 1 aliphatic rings. The Balaban J connectivity index is 1.55. The minimum atomic E-state index is -1.99. The number of carbonyl (C=O) groups excluding carboxylic acids is 1. The second-order valence-electron chi connectivity index (χ2n) is 10.4. The topological polar surface area (TPSA) is 100 Å². The van der Waals surface area contributed by atoms with Gasteiger partial charge in [0.15, 0.2) is 25.3 Å². The largest absolute Gasteiger partial charge is 0.472 e. The molecule has 3 aromatic rings. The fourth-order valence-electron chi connectivity index (χ4n) is 3.75. The molecule has 2 aromatic heterocycles. The Kier molecular flexibility index (Phi) is 8.34.